The zero-order chi connectivity index (χ0) is 10.1. The molecule has 3 rings (SSSR count). The van der Waals surface area contributed by atoms with Gasteiger partial charge in [0.2, 0.25) is 0 Å². The van der Waals surface area contributed by atoms with E-state index in [9.17, 15) is 4.79 Å². The zero-order valence-electron chi connectivity index (χ0n) is 8.48. The first-order valence-corrected chi connectivity index (χ1v) is 5.24. The summed E-state index contributed by atoms with van der Waals surface area (Å²) in [6, 6.07) is 0.651. The molecule has 3 saturated heterocycles. The molecule has 0 amide bonds. The van der Waals surface area contributed by atoms with Crippen LogP contribution >= 0.6 is 0 Å². The van der Waals surface area contributed by atoms with Gasteiger partial charge in [-0.25, -0.2) is 4.79 Å². The number of piperidine rings is 3. The molecule has 3 aliphatic rings. The highest BCUT2D eigenvalue weighted by atomic mass is 16.5. The van der Waals surface area contributed by atoms with Crippen molar-refractivity contribution in [3.63, 3.8) is 0 Å². The molecule has 0 aromatic heterocycles. The van der Waals surface area contributed by atoms with Crippen molar-refractivity contribution in [2.75, 3.05) is 19.7 Å². The second-order valence-electron chi connectivity index (χ2n) is 4.37. The molecule has 3 fully saturated rings. The van der Waals surface area contributed by atoms with Crippen LogP contribution in [-0.2, 0) is 9.53 Å². The Morgan fingerprint density at radius 2 is 2.43 bits per heavy atom. The van der Waals surface area contributed by atoms with E-state index in [0.29, 0.717) is 12.0 Å². The fourth-order valence-corrected chi connectivity index (χ4v) is 2.61. The van der Waals surface area contributed by atoms with Crippen LogP contribution in [0.25, 0.3) is 0 Å². The third kappa shape index (κ3) is 1.91. The molecule has 80 valence electrons. The lowest BCUT2D eigenvalue weighted by molar-refractivity contribution is -0.151. The molecule has 4 heteroatoms. The van der Waals surface area contributed by atoms with Crippen molar-refractivity contribution in [3.05, 3.63) is 0 Å². The van der Waals surface area contributed by atoms with Crippen molar-refractivity contribution in [2.45, 2.75) is 31.9 Å². The molecule has 4 atom stereocenters. The van der Waals surface area contributed by atoms with E-state index in [0.717, 1.165) is 25.9 Å². The summed E-state index contributed by atoms with van der Waals surface area (Å²) < 4.78 is 5.39. The van der Waals surface area contributed by atoms with E-state index in [4.69, 9.17) is 9.84 Å². The smallest absolute Gasteiger partial charge is 0.329 e. The van der Waals surface area contributed by atoms with Crippen molar-refractivity contribution in [2.24, 2.45) is 5.92 Å². The second-order valence-corrected chi connectivity index (χ2v) is 4.37. The maximum absolute atomic E-state index is 10.4. The highest BCUT2D eigenvalue weighted by molar-refractivity contribution is 5.68. The van der Waals surface area contributed by atoms with E-state index >= 15 is 0 Å². The quantitative estimate of drug-likeness (QED) is 0.722. The van der Waals surface area contributed by atoms with Gasteiger partial charge < -0.3 is 9.84 Å². The third-order valence-electron chi connectivity index (χ3n) is 3.42. The SMILES string of the molecule is CC1CC2CCN1CC2OCC(=O)O. The molecule has 0 spiro atoms. The van der Waals surface area contributed by atoms with Gasteiger partial charge in [-0.1, -0.05) is 0 Å². The Bertz CT molecular complexity index is 231. The van der Waals surface area contributed by atoms with E-state index in [-0.39, 0.29) is 12.7 Å². The first kappa shape index (κ1) is 9.93. The van der Waals surface area contributed by atoms with Crippen LogP contribution in [-0.4, -0.2) is 47.8 Å². The number of rotatable bonds is 3. The highest BCUT2D eigenvalue weighted by Gasteiger charge is 2.38. The van der Waals surface area contributed by atoms with Crippen LogP contribution in [0.5, 0.6) is 0 Å². The predicted molar refractivity (Wildman–Crippen MR) is 51.1 cm³/mol. The summed E-state index contributed by atoms with van der Waals surface area (Å²) in [4.78, 5) is 12.8. The largest absolute Gasteiger partial charge is 0.480 e. The number of ether oxygens (including phenoxy) is 1. The Balaban J connectivity index is 1.87. The molecule has 3 aliphatic heterocycles. The third-order valence-corrected chi connectivity index (χ3v) is 3.42. The predicted octanol–water partition coefficient (Wildman–Crippen LogP) is 0.570. The standard InChI is InChI=1S/C10H17NO3/c1-7-4-8-2-3-11(7)5-9(8)14-6-10(12)13/h7-9H,2-6H2,1H3,(H,12,13). The minimum absolute atomic E-state index is 0.149. The summed E-state index contributed by atoms with van der Waals surface area (Å²) in [5.41, 5.74) is 0. The van der Waals surface area contributed by atoms with Gasteiger partial charge in [-0.3, -0.25) is 4.90 Å². The van der Waals surface area contributed by atoms with Gasteiger partial charge in [-0.2, -0.15) is 0 Å². The van der Waals surface area contributed by atoms with Gasteiger partial charge in [0, 0.05) is 12.6 Å². The topological polar surface area (TPSA) is 49.8 Å². The van der Waals surface area contributed by atoms with Crippen LogP contribution < -0.4 is 0 Å². The lowest BCUT2D eigenvalue weighted by atomic mass is 9.82. The average Bonchev–Trinajstić information content (AvgIpc) is 2.16. The summed E-state index contributed by atoms with van der Waals surface area (Å²) in [7, 11) is 0. The maximum Gasteiger partial charge on any atom is 0.329 e. The molecule has 4 nitrogen and oxygen atoms in total. The maximum atomic E-state index is 10.4. The molecule has 0 aromatic rings. The van der Waals surface area contributed by atoms with Crippen molar-refractivity contribution >= 4 is 5.97 Å². The van der Waals surface area contributed by atoms with Gasteiger partial charge in [-0.05, 0) is 32.2 Å². The molecule has 1 N–H and O–H groups in total. The van der Waals surface area contributed by atoms with Gasteiger partial charge in [0.1, 0.15) is 6.61 Å². The van der Waals surface area contributed by atoms with Gasteiger partial charge in [-0.15, -0.1) is 0 Å². The van der Waals surface area contributed by atoms with Crippen molar-refractivity contribution in [1.29, 1.82) is 0 Å². The van der Waals surface area contributed by atoms with Crippen LogP contribution in [0.2, 0.25) is 0 Å². The van der Waals surface area contributed by atoms with E-state index in [1.807, 2.05) is 0 Å². The zero-order valence-corrected chi connectivity index (χ0v) is 8.48. The van der Waals surface area contributed by atoms with Crippen LogP contribution in [0.4, 0.5) is 0 Å². The number of carboxylic acids is 1. The molecule has 2 bridgehead atoms. The number of fused-ring (bicyclic) bond motifs is 3. The van der Waals surface area contributed by atoms with Gasteiger partial charge >= 0.3 is 5.97 Å². The Kier molecular flexibility index (Phi) is 2.74. The Labute approximate surface area is 83.8 Å². The molecule has 14 heavy (non-hydrogen) atoms. The van der Waals surface area contributed by atoms with Gasteiger partial charge in [0.05, 0.1) is 6.10 Å². The first-order valence-electron chi connectivity index (χ1n) is 5.24. The fourth-order valence-electron chi connectivity index (χ4n) is 2.61. The molecular formula is C10H17NO3. The Morgan fingerprint density at radius 3 is 2.93 bits per heavy atom. The van der Waals surface area contributed by atoms with Gasteiger partial charge in [0.15, 0.2) is 0 Å². The summed E-state index contributed by atoms with van der Waals surface area (Å²) in [6.45, 7) is 4.15. The Morgan fingerprint density at radius 1 is 1.64 bits per heavy atom. The molecule has 0 radical (unpaired) electrons. The fraction of sp³-hybridized carbons (Fsp3) is 0.900. The minimum Gasteiger partial charge on any atom is -0.480 e. The van der Waals surface area contributed by atoms with Gasteiger partial charge in [0.25, 0.3) is 0 Å². The van der Waals surface area contributed by atoms with Crippen LogP contribution in [0.3, 0.4) is 0 Å². The highest BCUT2D eigenvalue weighted by Crippen LogP contribution is 2.33. The normalized spacial score (nSPS) is 41.2. The first-order chi connectivity index (χ1) is 6.66. The molecule has 3 heterocycles. The monoisotopic (exact) mass is 199 g/mol. The molecular weight excluding hydrogens is 182 g/mol. The van der Waals surface area contributed by atoms with E-state index < -0.39 is 5.97 Å². The van der Waals surface area contributed by atoms with Crippen molar-refractivity contribution in [1.82, 2.24) is 4.90 Å². The molecule has 0 aliphatic carbocycles. The van der Waals surface area contributed by atoms with Crippen LogP contribution in [0.15, 0.2) is 0 Å². The number of carboxylic acid groups (broad SMARTS) is 1. The summed E-state index contributed by atoms with van der Waals surface area (Å²) in [5, 5.41) is 8.53. The molecule has 4 unspecified atom stereocenters. The number of hydrogen-bond acceptors (Lipinski definition) is 3. The summed E-state index contributed by atoms with van der Waals surface area (Å²) >= 11 is 0. The number of nitrogens with zero attached hydrogens (tertiary/aromatic N) is 1. The molecule has 0 saturated carbocycles. The second kappa shape index (κ2) is 3.87. The number of carbonyl (C=O) groups is 1. The minimum atomic E-state index is -0.866. The van der Waals surface area contributed by atoms with E-state index in [1.165, 1.54) is 0 Å². The van der Waals surface area contributed by atoms with Crippen molar-refractivity contribution < 1.29 is 14.6 Å². The summed E-state index contributed by atoms with van der Waals surface area (Å²) in [5.74, 6) is -0.288. The number of aliphatic carboxylic acids is 1. The lowest BCUT2D eigenvalue weighted by Crippen LogP contribution is -2.55. The summed E-state index contributed by atoms with van der Waals surface area (Å²) in [6.07, 6.45) is 2.47. The number of hydrogen-bond donors (Lipinski definition) is 1. The van der Waals surface area contributed by atoms with E-state index in [2.05, 4.69) is 11.8 Å². The Hall–Kier alpha value is -0.610. The van der Waals surface area contributed by atoms with Crippen LogP contribution in [0.1, 0.15) is 19.8 Å². The van der Waals surface area contributed by atoms with Crippen LogP contribution in [0, 0.1) is 5.92 Å². The lowest BCUT2D eigenvalue weighted by Gasteiger charge is -2.48. The van der Waals surface area contributed by atoms with Crippen molar-refractivity contribution in [3.8, 4) is 0 Å². The molecule has 0 aromatic carbocycles. The van der Waals surface area contributed by atoms with E-state index in [1.54, 1.807) is 0 Å². The average molecular weight is 199 g/mol.